The van der Waals surface area contributed by atoms with Crippen LogP contribution in [0.25, 0.3) is 28.2 Å². The molecule has 2 aliphatic rings. The van der Waals surface area contributed by atoms with E-state index in [0.717, 1.165) is 29.8 Å². The summed E-state index contributed by atoms with van der Waals surface area (Å²) in [5.74, 6) is 1.55. The van der Waals surface area contributed by atoms with E-state index in [4.69, 9.17) is 9.72 Å². The zero-order valence-electron chi connectivity index (χ0n) is 20.7. The molecule has 5 heterocycles. The molecule has 0 aliphatic carbocycles. The molecule has 0 bridgehead atoms. The Morgan fingerprint density at radius 3 is 2.68 bits per heavy atom. The Morgan fingerprint density at radius 2 is 1.97 bits per heavy atom. The van der Waals surface area contributed by atoms with Gasteiger partial charge >= 0.3 is 6.03 Å². The Hall–Kier alpha value is -3.54. The second-order valence-electron chi connectivity index (χ2n) is 9.58. The molecule has 2 atom stereocenters. The number of nitrogens with zero attached hydrogens (tertiary/aromatic N) is 7. The SMILES string of the molecule is CC(C)C1CN(CC2CNCCO2)C(=O)N1c1ccn2ncc(-c3ccc(-c4nc[nH]n4)cc3)c2n1.Cl. The summed E-state index contributed by atoms with van der Waals surface area (Å²) in [4.78, 5) is 26.4. The van der Waals surface area contributed by atoms with Gasteiger partial charge in [-0.05, 0) is 17.5 Å². The Morgan fingerprint density at radius 1 is 1.16 bits per heavy atom. The van der Waals surface area contributed by atoms with Crippen molar-refractivity contribution in [2.75, 3.05) is 37.7 Å². The molecule has 2 saturated heterocycles. The Balaban J connectivity index is 0.00000280. The first-order valence-electron chi connectivity index (χ1n) is 12.3. The third-order valence-electron chi connectivity index (χ3n) is 6.88. The number of nitrogens with one attached hydrogen (secondary N) is 2. The molecule has 0 spiro atoms. The zero-order chi connectivity index (χ0) is 24.6. The third kappa shape index (κ3) is 4.77. The predicted octanol–water partition coefficient (Wildman–Crippen LogP) is 2.86. The molecule has 12 heteroatoms. The van der Waals surface area contributed by atoms with Gasteiger partial charge in [-0.3, -0.25) is 10.00 Å². The minimum absolute atomic E-state index is 0. The van der Waals surface area contributed by atoms with E-state index >= 15 is 0 Å². The molecule has 2 N–H and O–H groups in total. The lowest BCUT2D eigenvalue weighted by molar-refractivity contribution is 0.0144. The largest absolute Gasteiger partial charge is 0.374 e. The maximum atomic E-state index is 13.6. The molecule has 11 nitrogen and oxygen atoms in total. The number of halogens is 1. The van der Waals surface area contributed by atoms with E-state index in [1.54, 1.807) is 17.0 Å². The smallest absolute Gasteiger partial charge is 0.326 e. The van der Waals surface area contributed by atoms with Crippen molar-refractivity contribution < 1.29 is 9.53 Å². The number of aromatic amines is 1. The van der Waals surface area contributed by atoms with Crippen LogP contribution in [0.4, 0.5) is 10.6 Å². The number of carbonyl (C=O) groups excluding carboxylic acids is 1. The quantitative estimate of drug-likeness (QED) is 0.399. The van der Waals surface area contributed by atoms with Crippen LogP contribution >= 0.6 is 12.4 Å². The fourth-order valence-corrected chi connectivity index (χ4v) is 4.94. The van der Waals surface area contributed by atoms with Crippen LogP contribution in [0.2, 0.25) is 0 Å². The highest BCUT2D eigenvalue weighted by Gasteiger charge is 2.41. The molecule has 2 amide bonds. The van der Waals surface area contributed by atoms with E-state index in [2.05, 4.69) is 39.4 Å². The van der Waals surface area contributed by atoms with E-state index in [1.165, 1.54) is 0 Å². The predicted molar refractivity (Wildman–Crippen MR) is 142 cm³/mol. The van der Waals surface area contributed by atoms with Crippen LogP contribution in [0.15, 0.2) is 49.1 Å². The lowest BCUT2D eigenvalue weighted by Crippen LogP contribution is -2.46. The second kappa shape index (κ2) is 10.4. The molecule has 6 rings (SSSR count). The van der Waals surface area contributed by atoms with Gasteiger partial charge in [0.1, 0.15) is 12.1 Å². The normalized spacial score (nSPS) is 20.1. The van der Waals surface area contributed by atoms with Gasteiger partial charge in [-0.25, -0.2) is 19.3 Å². The van der Waals surface area contributed by atoms with Crippen molar-refractivity contribution in [3.8, 4) is 22.5 Å². The Kier molecular flexibility index (Phi) is 7.09. The van der Waals surface area contributed by atoms with Crippen LogP contribution in [0.1, 0.15) is 13.8 Å². The number of amides is 2. The summed E-state index contributed by atoms with van der Waals surface area (Å²) in [7, 11) is 0. The summed E-state index contributed by atoms with van der Waals surface area (Å²) in [6, 6.07) is 9.83. The average molecular weight is 524 g/mol. The summed E-state index contributed by atoms with van der Waals surface area (Å²) in [5, 5.41) is 14.7. The van der Waals surface area contributed by atoms with Gasteiger partial charge in [0.25, 0.3) is 0 Å². The summed E-state index contributed by atoms with van der Waals surface area (Å²) < 4.78 is 7.60. The van der Waals surface area contributed by atoms with Crippen LogP contribution < -0.4 is 10.2 Å². The molecule has 0 radical (unpaired) electrons. The van der Waals surface area contributed by atoms with Gasteiger partial charge < -0.3 is 15.0 Å². The molecule has 1 aromatic carbocycles. The molecule has 2 unspecified atom stereocenters. The number of ether oxygens (including phenoxy) is 1. The van der Waals surface area contributed by atoms with Crippen LogP contribution in [-0.4, -0.2) is 85.6 Å². The van der Waals surface area contributed by atoms with E-state index < -0.39 is 0 Å². The molecular formula is C25H30ClN9O2. The number of aromatic nitrogens is 6. The van der Waals surface area contributed by atoms with Crippen molar-refractivity contribution >= 4 is 29.9 Å². The molecule has 4 aromatic rings. The lowest BCUT2D eigenvalue weighted by atomic mass is 10.0. The van der Waals surface area contributed by atoms with Crippen LogP contribution in [0, 0.1) is 5.92 Å². The van der Waals surface area contributed by atoms with Crippen molar-refractivity contribution in [3.05, 3.63) is 49.1 Å². The van der Waals surface area contributed by atoms with E-state index in [9.17, 15) is 4.79 Å². The maximum absolute atomic E-state index is 13.6. The number of H-pyrrole nitrogens is 1. The minimum atomic E-state index is -0.0309. The minimum Gasteiger partial charge on any atom is -0.374 e. The summed E-state index contributed by atoms with van der Waals surface area (Å²) in [6.07, 6.45) is 5.24. The van der Waals surface area contributed by atoms with Gasteiger partial charge in [0.05, 0.1) is 24.9 Å². The van der Waals surface area contributed by atoms with Crippen molar-refractivity contribution in [2.45, 2.75) is 26.0 Å². The number of anilines is 1. The average Bonchev–Trinajstić information content (AvgIpc) is 3.64. The van der Waals surface area contributed by atoms with Crippen LogP contribution in [-0.2, 0) is 4.74 Å². The number of benzene rings is 1. The number of fused-ring (bicyclic) bond motifs is 1. The number of rotatable bonds is 6. The highest BCUT2D eigenvalue weighted by atomic mass is 35.5. The molecule has 194 valence electrons. The van der Waals surface area contributed by atoms with E-state index in [0.29, 0.717) is 37.0 Å². The standard InChI is InChI=1S/C25H29N9O2.ClH/c1-16(2)21-14-32(13-19-11-26-8-10-36-19)25(35)34(21)22-7-9-33-24(30-22)20(12-29-33)17-3-5-18(6-4-17)23-27-15-28-31-23;/h3-7,9,12,15-16,19,21,26H,8,10-11,13-14H2,1-2H3,(H,27,28,31);1H. The number of hydrogen-bond acceptors (Lipinski definition) is 7. The van der Waals surface area contributed by atoms with Crippen molar-refractivity contribution in [1.29, 1.82) is 0 Å². The van der Waals surface area contributed by atoms with Crippen LogP contribution in [0.5, 0.6) is 0 Å². The van der Waals surface area contributed by atoms with E-state index in [-0.39, 0.29) is 36.5 Å². The maximum Gasteiger partial charge on any atom is 0.326 e. The number of urea groups is 1. The highest BCUT2D eigenvalue weighted by Crippen LogP contribution is 2.31. The highest BCUT2D eigenvalue weighted by molar-refractivity contribution is 5.94. The lowest BCUT2D eigenvalue weighted by Gasteiger charge is -2.27. The third-order valence-corrected chi connectivity index (χ3v) is 6.88. The molecule has 37 heavy (non-hydrogen) atoms. The fraction of sp³-hybridized carbons (Fsp3) is 0.400. The van der Waals surface area contributed by atoms with Crippen LogP contribution in [0.3, 0.4) is 0 Å². The molecular weight excluding hydrogens is 494 g/mol. The number of morpholine rings is 1. The fourth-order valence-electron chi connectivity index (χ4n) is 4.94. The van der Waals surface area contributed by atoms with Gasteiger partial charge in [-0.1, -0.05) is 38.1 Å². The first-order chi connectivity index (χ1) is 17.6. The molecule has 0 saturated carbocycles. The molecule has 2 aliphatic heterocycles. The number of hydrogen-bond donors (Lipinski definition) is 2. The van der Waals surface area contributed by atoms with Gasteiger partial charge in [-0.15, -0.1) is 12.4 Å². The molecule has 2 fully saturated rings. The van der Waals surface area contributed by atoms with Crippen molar-refractivity contribution in [2.24, 2.45) is 5.92 Å². The van der Waals surface area contributed by atoms with Gasteiger partial charge in [0.15, 0.2) is 11.5 Å². The van der Waals surface area contributed by atoms with Gasteiger partial charge in [0, 0.05) is 43.5 Å². The molecule has 3 aromatic heterocycles. The Bertz CT molecular complexity index is 1350. The first kappa shape index (κ1) is 25.1. The Labute approximate surface area is 220 Å². The second-order valence-corrected chi connectivity index (χ2v) is 9.58. The van der Waals surface area contributed by atoms with Crippen molar-refractivity contribution in [1.82, 2.24) is 40.0 Å². The van der Waals surface area contributed by atoms with Gasteiger partial charge in [-0.2, -0.15) is 10.2 Å². The summed E-state index contributed by atoms with van der Waals surface area (Å²) in [5.41, 5.74) is 3.49. The first-order valence-corrected chi connectivity index (χ1v) is 12.3. The topological polar surface area (TPSA) is 117 Å². The summed E-state index contributed by atoms with van der Waals surface area (Å²) in [6.45, 7) is 7.80. The van der Waals surface area contributed by atoms with Gasteiger partial charge in [0.2, 0.25) is 0 Å². The monoisotopic (exact) mass is 523 g/mol. The van der Waals surface area contributed by atoms with Crippen molar-refractivity contribution in [3.63, 3.8) is 0 Å². The van der Waals surface area contributed by atoms with E-state index in [1.807, 2.05) is 46.3 Å². The zero-order valence-corrected chi connectivity index (χ0v) is 21.6. The number of carbonyl (C=O) groups is 1. The summed E-state index contributed by atoms with van der Waals surface area (Å²) >= 11 is 0.